The fourth-order valence-corrected chi connectivity index (χ4v) is 4.44. The van der Waals surface area contributed by atoms with Crippen LogP contribution in [0.2, 0.25) is 0 Å². The fourth-order valence-electron chi connectivity index (χ4n) is 4.44. The topological polar surface area (TPSA) is 15.7 Å². The number of rotatable bonds is 3. The number of nitrogens with zero attached hydrogens (tertiary/aromatic N) is 2. The first-order valence-electron chi connectivity index (χ1n) is 8.33. The van der Waals surface area contributed by atoms with Crippen molar-refractivity contribution in [2.75, 3.05) is 25.6 Å². The molecule has 0 N–H and O–H groups in total. The molecule has 2 atom stereocenters. The van der Waals surface area contributed by atoms with Crippen LogP contribution in [0.15, 0.2) is 48.5 Å². The lowest BCUT2D eigenvalue weighted by Gasteiger charge is -2.35. The molecule has 0 aromatic heterocycles. The highest BCUT2D eigenvalue weighted by Crippen LogP contribution is 2.52. The fraction of sp³-hybridized carbons (Fsp3) is 0.400. The van der Waals surface area contributed by atoms with Crippen molar-refractivity contribution in [2.45, 2.75) is 31.5 Å². The van der Waals surface area contributed by atoms with Gasteiger partial charge >= 0.3 is 0 Å². The van der Waals surface area contributed by atoms with Crippen molar-refractivity contribution in [3.8, 4) is 5.75 Å². The number of likely N-dealkylation sites (N-methyl/N-ethyl adjacent to an activating group) is 1. The molecule has 2 aliphatic rings. The minimum atomic E-state index is 0.174. The van der Waals surface area contributed by atoms with Gasteiger partial charge in [-0.05, 0) is 42.8 Å². The van der Waals surface area contributed by atoms with Gasteiger partial charge in [0.1, 0.15) is 5.75 Å². The predicted molar refractivity (Wildman–Crippen MR) is 94.0 cm³/mol. The van der Waals surface area contributed by atoms with Gasteiger partial charge in [0.15, 0.2) is 0 Å². The maximum Gasteiger partial charge on any atom is 0.119 e. The second-order valence-electron chi connectivity index (χ2n) is 7.02. The standard InChI is InChI=1S/C20H24N2O/c1-20-11-12-21(2)19(20)22(14-15-7-5-4-6-8-15)18-10-9-16(23-3)13-17(18)20/h4-10,13,19H,11-12,14H2,1-3H3/t19?,20-/m1/s1. The Morgan fingerprint density at radius 2 is 1.96 bits per heavy atom. The summed E-state index contributed by atoms with van der Waals surface area (Å²) in [6.07, 6.45) is 1.62. The Balaban J connectivity index is 1.80. The van der Waals surface area contributed by atoms with E-state index in [2.05, 4.69) is 72.3 Å². The number of methoxy groups -OCH3 is 1. The van der Waals surface area contributed by atoms with E-state index in [4.69, 9.17) is 4.74 Å². The summed E-state index contributed by atoms with van der Waals surface area (Å²) in [5.41, 5.74) is 4.32. The molecule has 4 rings (SSSR count). The van der Waals surface area contributed by atoms with Crippen LogP contribution in [0, 0.1) is 0 Å². The molecule has 0 spiro atoms. The van der Waals surface area contributed by atoms with Crippen LogP contribution in [-0.4, -0.2) is 31.8 Å². The second-order valence-corrected chi connectivity index (χ2v) is 7.02. The Labute approximate surface area is 138 Å². The summed E-state index contributed by atoms with van der Waals surface area (Å²) in [5, 5.41) is 0. The van der Waals surface area contributed by atoms with Gasteiger partial charge in [-0.15, -0.1) is 0 Å². The quantitative estimate of drug-likeness (QED) is 0.861. The van der Waals surface area contributed by atoms with Crippen LogP contribution in [0.25, 0.3) is 0 Å². The Morgan fingerprint density at radius 3 is 2.70 bits per heavy atom. The average Bonchev–Trinajstić information content (AvgIpc) is 3.01. The van der Waals surface area contributed by atoms with Crippen molar-refractivity contribution >= 4 is 5.69 Å². The largest absolute Gasteiger partial charge is 0.497 e. The van der Waals surface area contributed by atoms with E-state index in [0.29, 0.717) is 6.17 Å². The molecule has 2 aromatic rings. The number of hydrogen-bond acceptors (Lipinski definition) is 3. The number of hydrogen-bond donors (Lipinski definition) is 0. The zero-order valence-corrected chi connectivity index (χ0v) is 14.1. The van der Waals surface area contributed by atoms with E-state index in [1.165, 1.54) is 23.2 Å². The summed E-state index contributed by atoms with van der Waals surface area (Å²) in [4.78, 5) is 5.06. The van der Waals surface area contributed by atoms with Gasteiger partial charge in [-0.2, -0.15) is 0 Å². The normalized spacial score (nSPS) is 26.2. The van der Waals surface area contributed by atoms with Crippen LogP contribution < -0.4 is 9.64 Å². The Kier molecular flexibility index (Phi) is 3.34. The van der Waals surface area contributed by atoms with Gasteiger partial charge in [-0.25, -0.2) is 0 Å². The van der Waals surface area contributed by atoms with E-state index < -0.39 is 0 Å². The van der Waals surface area contributed by atoms with Crippen LogP contribution in [0.1, 0.15) is 24.5 Å². The summed E-state index contributed by atoms with van der Waals surface area (Å²) in [7, 11) is 4.00. The molecule has 0 amide bonds. The number of ether oxygens (including phenoxy) is 1. The first-order valence-corrected chi connectivity index (χ1v) is 8.33. The Hall–Kier alpha value is -2.00. The minimum Gasteiger partial charge on any atom is -0.497 e. The van der Waals surface area contributed by atoms with Crippen molar-refractivity contribution in [1.29, 1.82) is 0 Å². The van der Waals surface area contributed by atoms with E-state index in [1.807, 2.05) is 0 Å². The van der Waals surface area contributed by atoms with Gasteiger partial charge < -0.3 is 9.64 Å². The summed E-state index contributed by atoms with van der Waals surface area (Å²) >= 11 is 0. The zero-order valence-electron chi connectivity index (χ0n) is 14.1. The predicted octanol–water partition coefficient (Wildman–Crippen LogP) is 3.63. The number of fused-ring (bicyclic) bond motifs is 3. The molecule has 2 aromatic carbocycles. The first-order chi connectivity index (χ1) is 11.1. The average molecular weight is 308 g/mol. The van der Waals surface area contributed by atoms with Gasteiger partial charge in [0.05, 0.1) is 13.3 Å². The lowest BCUT2D eigenvalue weighted by atomic mass is 9.81. The van der Waals surface area contributed by atoms with Gasteiger partial charge in [0, 0.05) is 24.2 Å². The van der Waals surface area contributed by atoms with Crippen LogP contribution in [0.3, 0.4) is 0 Å². The van der Waals surface area contributed by atoms with Crippen LogP contribution in [0.4, 0.5) is 5.69 Å². The highest BCUT2D eigenvalue weighted by molar-refractivity contribution is 5.66. The molecule has 3 heteroatoms. The molecule has 0 bridgehead atoms. The monoisotopic (exact) mass is 308 g/mol. The minimum absolute atomic E-state index is 0.174. The number of anilines is 1. The van der Waals surface area contributed by atoms with Gasteiger partial charge in [0.2, 0.25) is 0 Å². The van der Waals surface area contributed by atoms with Crippen molar-refractivity contribution in [3.63, 3.8) is 0 Å². The third-order valence-electron chi connectivity index (χ3n) is 5.59. The molecule has 0 aliphatic carbocycles. The second kappa shape index (κ2) is 5.27. The molecule has 1 fully saturated rings. The van der Waals surface area contributed by atoms with Gasteiger partial charge in [0.25, 0.3) is 0 Å². The smallest absolute Gasteiger partial charge is 0.119 e. The summed E-state index contributed by atoms with van der Waals surface area (Å²) in [6, 6.07) is 17.3. The molecule has 3 nitrogen and oxygen atoms in total. The lowest BCUT2D eigenvalue weighted by Crippen LogP contribution is -2.46. The SMILES string of the molecule is COc1ccc2c(c1)[C@@]1(C)CCN(C)C1N2Cc1ccccc1. The van der Waals surface area contributed by atoms with E-state index >= 15 is 0 Å². The molecular weight excluding hydrogens is 284 g/mol. The van der Waals surface area contributed by atoms with Crippen LogP contribution in [0.5, 0.6) is 5.75 Å². The van der Waals surface area contributed by atoms with Crippen LogP contribution in [-0.2, 0) is 12.0 Å². The molecule has 1 unspecified atom stereocenters. The molecule has 0 radical (unpaired) electrons. The van der Waals surface area contributed by atoms with E-state index in [9.17, 15) is 0 Å². The Bertz CT molecular complexity index is 715. The van der Waals surface area contributed by atoms with E-state index in [0.717, 1.165) is 18.8 Å². The third-order valence-corrected chi connectivity index (χ3v) is 5.59. The third kappa shape index (κ3) is 2.14. The van der Waals surface area contributed by atoms with E-state index in [1.54, 1.807) is 7.11 Å². The molecule has 2 heterocycles. The summed E-state index contributed by atoms with van der Waals surface area (Å²) < 4.78 is 5.48. The van der Waals surface area contributed by atoms with Crippen molar-refractivity contribution < 1.29 is 4.74 Å². The summed E-state index contributed by atoms with van der Waals surface area (Å²) in [5.74, 6) is 0.958. The zero-order chi connectivity index (χ0) is 16.0. The van der Waals surface area contributed by atoms with Crippen molar-refractivity contribution in [2.24, 2.45) is 0 Å². The van der Waals surface area contributed by atoms with Gasteiger partial charge in [-0.3, -0.25) is 4.90 Å². The highest BCUT2D eigenvalue weighted by Gasteiger charge is 2.53. The van der Waals surface area contributed by atoms with Crippen molar-refractivity contribution in [1.82, 2.24) is 4.90 Å². The lowest BCUT2D eigenvalue weighted by molar-refractivity contribution is 0.259. The van der Waals surface area contributed by atoms with Crippen LogP contribution >= 0.6 is 0 Å². The molecular formula is C20H24N2O. The molecule has 1 saturated heterocycles. The maximum absolute atomic E-state index is 5.48. The van der Waals surface area contributed by atoms with Crippen molar-refractivity contribution in [3.05, 3.63) is 59.7 Å². The molecule has 0 saturated carbocycles. The van der Waals surface area contributed by atoms with Gasteiger partial charge in [-0.1, -0.05) is 37.3 Å². The van der Waals surface area contributed by atoms with E-state index in [-0.39, 0.29) is 5.41 Å². The Morgan fingerprint density at radius 1 is 1.17 bits per heavy atom. The molecule has 2 aliphatic heterocycles. The summed E-state index contributed by atoms with van der Waals surface area (Å²) in [6.45, 7) is 4.50. The highest BCUT2D eigenvalue weighted by atomic mass is 16.5. The number of benzene rings is 2. The number of likely N-dealkylation sites (tertiary alicyclic amines) is 1. The maximum atomic E-state index is 5.48. The molecule has 120 valence electrons. The first kappa shape index (κ1) is 14.6. The molecule has 23 heavy (non-hydrogen) atoms.